The topological polar surface area (TPSA) is 33.4 Å². The molecule has 0 aliphatic carbocycles. The Hall–Kier alpha value is -1.43. The smallest absolute Gasteiger partial charge is 0.233 e. The quantitative estimate of drug-likeness (QED) is 0.724. The number of aromatic nitrogens is 3. The van der Waals surface area contributed by atoms with Crippen LogP contribution in [0.15, 0.2) is 36.8 Å². The molecule has 4 nitrogen and oxygen atoms in total. The summed E-state index contributed by atoms with van der Waals surface area (Å²) in [6.45, 7) is 4.84. The third-order valence-electron chi connectivity index (χ3n) is 3.13. The van der Waals surface area contributed by atoms with E-state index in [2.05, 4.69) is 27.9 Å². The fraction of sp³-hybridized carbons (Fsp3) is 0.286. The van der Waals surface area contributed by atoms with Gasteiger partial charge in [-0.1, -0.05) is 18.5 Å². The lowest BCUT2D eigenvalue weighted by Crippen LogP contribution is -2.21. The van der Waals surface area contributed by atoms with Crippen molar-refractivity contribution in [3.8, 4) is 0 Å². The van der Waals surface area contributed by atoms with Gasteiger partial charge in [-0.25, -0.2) is 9.97 Å². The Morgan fingerprint density at radius 1 is 1.35 bits per heavy atom. The summed E-state index contributed by atoms with van der Waals surface area (Å²) in [5.74, 6) is 0.748. The van der Waals surface area contributed by atoms with E-state index in [1.165, 1.54) is 4.88 Å². The van der Waals surface area contributed by atoms with Crippen LogP contribution in [0.2, 0.25) is 4.34 Å². The molecule has 0 amide bonds. The molecular weight excluding hydrogens is 292 g/mol. The van der Waals surface area contributed by atoms with Gasteiger partial charge in [-0.3, -0.25) is 9.30 Å². The van der Waals surface area contributed by atoms with Gasteiger partial charge >= 0.3 is 0 Å². The normalized spacial score (nSPS) is 11.6. The van der Waals surface area contributed by atoms with Crippen LogP contribution in [0.3, 0.4) is 0 Å². The molecule has 0 saturated heterocycles. The van der Waals surface area contributed by atoms with Crippen LogP contribution in [0.25, 0.3) is 5.78 Å². The van der Waals surface area contributed by atoms with Crippen LogP contribution in [0.1, 0.15) is 17.5 Å². The molecule has 104 valence electrons. The van der Waals surface area contributed by atoms with Crippen molar-refractivity contribution in [2.75, 3.05) is 6.54 Å². The largest absolute Gasteiger partial charge is 0.293 e. The molecule has 0 N–H and O–H groups in total. The summed E-state index contributed by atoms with van der Waals surface area (Å²) in [5, 5.41) is 0. The van der Waals surface area contributed by atoms with Crippen molar-refractivity contribution in [2.45, 2.75) is 20.0 Å². The molecule has 0 atom stereocenters. The van der Waals surface area contributed by atoms with E-state index in [1.807, 2.05) is 28.9 Å². The van der Waals surface area contributed by atoms with Gasteiger partial charge in [0.05, 0.1) is 10.0 Å². The minimum atomic E-state index is 0.748. The summed E-state index contributed by atoms with van der Waals surface area (Å²) >= 11 is 7.61. The molecule has 20 heavy (non-hydrogen) atoms. The summed E-state index contributed by atoms with van der Waals surface area (Å²) in [7, 11) is 0. The van der Waals surface area contributed by atoms with E-state index in [4.69, 9.17) is 11.6 Å². The third-order valence-corrected chi connectivity index (χ3v) is 4.34. The third kappa shape index (κ3) is 3.00. The van der Waals surface area contributed by atoms with Gasteiger partial charge in [-0.15, -0.1) is 11.3 Å². The van der Waals surface area contributed by atoms with E-state index >= 15 is 0 Å². The van der Waals surface area contributed by atoms with Gasteiger partial charge in [0.15, 0.2) is 0 Å². The lowest BCUT2D eigenvalue weighted by atomic mass is 10.3. The first-order valence-corrected chi connectivity index (χ1v) is 7.69. The minimum absolute atomic E-state index is 0.748. The summed E-state index contributed by atoms with van der Waals surface area (Å²) in [6.07, 6.45) is 5.76. The molecule has 0 aliphatic rings. The number of halogens is 1. The van der Waals surface area contributed by atoms with Crippen LogP contribution in [-0.4, -0.2) is 25.8 Å². The zero-order valence-corrected chi connectivity index (χ0v) is 12.7. The molecular formula is C14H15ClN4S. The van der Waals surface area contributed by atoms with E-state index in [1.54, 1.807) is 17.5 Å². The Kier molecular flexibility index (Phi) is 4.00. The molecule has 0 aliphatic heterocycles. The van der Waals surface area contributed by atoms with E-state index in [0.717, 1.165) is 35.4 Å². The summed E-state index contributed by atoms with van der Waals surface area (Å²) in [6, 6.07) is 5.94. The molecule has 0 bridgehead atoms. The van der Waals surface area contributed by atoms with Gasteiger partial charge in [0.25, 0.3) is 0 Å². The van der Waals surface area contributed by atoms with Crippen molar-refractivity contribution >= 4 is 28.7 Å². The molecule has 3 aromatic heterocycles. The Balaban J connectivity index is 1.73. The number of hydrogen-bond donors (Lipinski definition) is 0. The Labute approximate surface area is 126 Å². The first-order chi connectivity index (χ1) is 9.74. The number of imidazole rings is 1. The standard InChI is InChI=1S/C14H15ClN4S/c1-2-18(10-12-4-5-13(15)20-12)8-11-9-19-7-3-6-16-14(19)17-11/h3-7,9H,2,8,10H2,1H3. The van der Waals surface area contributed by atoms with Crippen molar-refractivity contribution in [3.05, 3.63) is 51.7 Å². The second kappa shape index (κ2) is 5.91. The predicted octanol–water partition coefficient (Wildman–Crippen LogP) is 3.47. The van der Waals surface area contributed by atoms with Crippen LogP contribution < -0.4 is 0 Å². The summed E-state index contributed by atoms with van der Waals surface area (Å²) in [5.41, 5.74) is 1.04. The molecule has 3 heterocycles. The fourth-order valence-electron chi connectivity index (χ4n) is 2.12. The second-order valence-electron chi connectivity index (χ2n) is 4.57. The molecule has 0 saturated carbocycles. The number of hydrogen-bond acceptors (Lipinski definition) is 4. The first kappa shape index (κ1) is 13.5. The highest BCUT2D eigenvalue weighted by molar-refractivity contribution is 7.16. The van der Waals surface area contributed by atoms with E-state index in [0.29, 0.717) is 0 Å². The van der Waals surface area contributed by atoms with Gasteiger partial charge in [0.2, 0.25) is 5.78 Å². The monoisotopic (exact) mass is 306 g/mol. The van der Waals surface area contributed by atoms with Crippen molar-refractivity contribution in [1.29, 1.82) is 0 Å². The van der Waals surface area contributed by atoms with Crippen LogP contribution in [0, 0.1) is 0 Å². The number of rotatable bonds is 5. The Morgan fingerprint density at radius 3 is 2.95 bits per heavy atom. The number of thiophene rings is 1. The zero-order chi connectivity index (χ0) is 13.9. The minimum Gasteiger partial charge on any atom is -0.293 e. The van der Waals surface area contributed by atoms with Gasteiger partial charge < -0.3 is 0 Å². The average Bonchev–Trinajstić information content (AvgIpc) is 3.03. The second-order valence-corrected chi connectivity index (χ2v) is 6.37. The molecule has 0 unspecified atom stereocenters. The van der Waals surface area contributed by atoms with Gasteiger partial charge in [-0.2, -0.15) is 0 Å². The molecule has 0 aromatic carbocycles. The number of nitrogens with zero attached hydrogens (tertiary/aromatic N) is 4. The fourth-order valence-corrected chi connectivity index (χ4v) is 3.25. The summed E-state index contributed by atoms with van der Waals surface area (Å²) < 4.78 is 2.79. The predicted molar refractivity (Wildman–Crippen MR) is 82.1 cm³/mol. The van der Waals surface area contributed by atoms with Gasteiger partial charge in [0.1, 0.15) is 0 Å². The molecule has 0 fully saturated rings. The number of fused-ring (bicyclic) bond motifs is 1. The highest BCUT2D eigenvalue weighted by Gasteiger charge is 2.09. The van der Waals surface area contributed by atoms with Crippen molar-refractivity contribution in [2.24, 2.45) is 0 Å². The maximum atomic E-state index is 5.98. The van der Waals surface area contributed by atoms with Crippen molar-refractivity contribution in [1.82, 2.24) is 19.3 Å². The van der Waals surface area contributed by atoms with Crippen LogP contribution in [0.4, 0.5) is 0 Å². The average molecular weight is 307 g/mol. The lowest BCUT2D eigenvalue weighted by Gasteiger charge is -2.17. The highest BCUT2D eigenvalue weighted by atomic mass is 35.5. The summed E-state index contributed by atoms with van der Waals surface area (Å²) in [4.78, 5) is 12.4. The first-order valence-electron chi connectivity index (χ1n) is 6.50. The molecule has 0 radical (unpaired) electrons. The van der Waals surface area contributed by atoms with Crippen LogP contribution >= 0.6 is 22.9 Å². The van der Waals surface area contributed by atoms with Gasteiger partial charge in [0, 0.05) is 36.6 Å². The highest BCUT2D eigenvalue weighted by Crippen LogP contribution is 2.23. The van der Waals surface area contributed by atoms with Crippen LogP contribution in [-0.2, 0) is 13.1 Å². The van der Waals surface area contributed by atoms with E-state index < -0.39 is 0 Å². The SMILES string of the molecule is CCN(Cc1cn2cccnc2n1)Cc1ccc(Cl)s1. The Bertz CT molecular complexity index is 673. The lowest BCUT2D eigenvalue weighted by molar-refractivity contribution is 0.271. The van der Waals surface area contributed by atoms with Gasteiger partial charge in [-0.05, 0) is 24.7 Å². The van der Waals surface area contributed by atoms with Crippen molar-refractivity contribution < 1.29 is 0 Å². The van der Waals surface area contributed by atoms with Crippen molar-refractivity contribution in [3.63, 3.8) is 0 Å². The maximum absolute atomic E-state index is 5.98. The maximum Gasteiger partial charge on any atom is 0.233 e. The molecule has 3 aromatic rings. The molecule has 6 heteroatoms. The van der Waals surface area contributed by atoms with E-state index in [9.17, 15) is 0 Å². The van der Waals surface area contributed by atoms with Crippen LogP contribution in [0.5, 0.6) is 0 Å². The Morgan fingerprint density at radius 2 is 2.25 bits per heavy atom. The molecule has 3 rings (SSSR count). The zero-order valence-electron chi connectivity index (χ0n) is 11.2. The van der Waals surface area contributed by atoms with E-state index in [-0.39, 0.29) is 0 Å². The molecule has 0 spiro atoms.